The van der Waals surface area contributed by atoms with E-state index in [0.29, 0.717) is 5.69 Å². The molecule has 0 amide bonds. The largest absolute Gasteiger partial charge is 2.00 e. The molecule has 4 nitrogen and oxygen atoms in total. The molecule has 0 aliphatic carbocycles. The van der Waals surface area contributed by atoms with E-state index in [1.807, 2.05) is 72.8 Å². The normalized spacial score (nSPS) is 12.8. The number of rotatable bonds is 6. The van der Waals surface area contributed by atoms with Crippen molar-refractivity contribution in [1.82, 2.24) is 9.97 Å². The van der Waals surface area contributed by atoms with Gasteiger partial charge < -0.3 is 14.6 Å². The molecule has 1 aliphatic heterocycles. The van der Waals surface area contributed by atoms with Gasteiger partial charge in [-0.1, -0.05) is 90.5 Å². The van der Waals surface area contributed by atoms with Crippen molar-refractivity contribution in [1.29, 1.82) is 0 Å². The Labute approximate surface area is 291 Å². The first kappa shape index (κ1) is 31.2. The maximum Gasteiger partial charge on any atom is 2.00 e. The first-order valence-corrected chi connectivity index (χ1v) is 15.1. The van der Waals surface area contributed by atoms with Crippen LogP contribution in [0.2, 0.25) is 0 Å². The summed E-state index contributed by atoms with van der Waals surface area (Å²) in [5.74, 6) is -1.68. The van der Waals surface area contributed by atoms with Gasteiger partial charge in [-0.3, -0.25) is 13.8 Å². The fourth-order valence-electron chi connectivity index (χ4n) is 6.48. The Morgan fingerprint density at radius 3 is 1.92 bits per heavy atom. The average Bonchev–Trinajstić information content (AvgIpc) is 3.13. The molecule has 7 heteroatoms. The molecule has 234 valence electrons. The third kappa shape index (κ3) is 5.19. The van der Waals surface area contributed by atoms with E-state index in [-0.39, 0.29) is 38.1 Å². The number of hydrogen-bond acceptors (Lipinski definition) is 4. The molecule has 0 N–H and O–H groups in total. The maximum absolute atomic E-state index is 15.2. The monoisotopic (exact) mass is 808 g/mol. The molecular weight excluding hydrogens is 784 g/mol. The van der Waals surface area contributed by atoms with E-state index in [2.05, 4.69) is 58.4 Å². The van der Waals surface area contributed by atoms with E-state index in [9.17, 15) is 4.39 Å². The number of nitrogens with zero attached hydrogens (tertiary/aromatic N) is 3. The van der Waals surface area contributed by atoms with Gasteiger partial charge in [-0.05, 0) is 59.3 Å². The molecule has 0 radical (unpaired) electrons. The number of halogens is 2. The summed E-state index contributed by atoms with van der Waals surface area (Å²) in [7, 11) is 0. The van der Waals surface area contributed by atoms with E-state index in [0.717, 1.165) is 45.5 Å². The van der Waals surface area contributed by atoms with Crippen molar-refractivity contribution >= 4 is 17.1 Å². The van der Waals surface area contributed by atoms with Crippen LogP contribution in [0.15, 0.2) is 152 Å². The van der Waals surface area contributed by atoms with Gasteiger partial charge in [0.2, 0.25) is 0 Å². The summed E-state index contributed by atoms with van der Waals surface area (Å²) >= 11 is 0. The van der Waals surface area contributed by atoms with Gasteiger partial charge in [-0.25, -0.2) is 0 Å². The van der Waals surface area contributed by atoms with Crippen molar-refractivity contribution in [3.05, 3.63) is 198 Å². The molecular formula is C41H25F2N3OPt. The van der Waals surface area contributed by atoms with Crippen LogP contribution in [0.25, 0.3) is 11.3 Å². The van der Waals surface area contributed by atoms with Crippen LogP contribution in [0, 0.1) is 23.8 Å². The molecule has 0 saturated heterocycles. The van der Waals surface area contributed by atoms with Crippen LogP contribution < -0.4 is 9.64 Å². The Bertz CT molecular complexity index is 2170. The summed E-state index contributed by atoms with van der Waals surface area (Å²) in [5, 5.41) is 0. The predicted molar refractivity (Wildman–Crippen MR) is 178 cm³/mol. The maximum atomic E-state index is 15.2. The second kappa shape index (κ2) is 13.0. The van der Waals surface area contributed by atoms with Crippen LogP contribution in [0.4, 0.5) is 25.8 Å². The molecule has 0 fully saturated rings. The number of pyridine rings is 2. The van der Waals surface area contributed by atoms with Crippen LogP contribution in [-0.2, 0) is 26.5 Å². The first-order chi connectivity index (χ1) is 23.1. The Morgan fingerprint density at radius 1 is 0.604 bits per heavy atom. The summed E-state index contributed by atoms with van der Waals surface area (Å²) < 4.78 is 36.1. The number of benzene rings is 5. The SMILES string of the molecule is Fc1cc(F)c(-c2ccccn2)[c-]c1Oc1[c-]c(C2(c3ccccn3)c3ccccc3N(c3ccccc3)c3ccccc32)ccc1.[Pt+2]. The fraction of sp³-hybridized carbons (Fsp3) is 0.0244. The van der Waals surface area contributed by atoms with Gasteiger partial charge in [0, 0.05) is 29.6 Å². The number of ether oxygens (including phenoxy) is 1. The molecule has 0 unspecified atom stereocenters. The molecule has 0 spiro atoms. The van der Waals surface area contributed by atoms with Crippen molar-refractivity contribution in [2.75, 3.05) is 4.90 Å². The minimum absolute atomic E-state index is 0. The van der Waals surface area contributed by atoms with Crippen molar-refractivity contribution in [3.8, 4) is 22.8 Å². The number of anilines is 3. The van der Waals surface area contributed by atoms with Crippen LogP contribution in [0.5, 0.6) is 11.5 Å². The van der Waals surface area contributed by atoms with Crippen LogP contribution >= 0.6 is 0 Å². The standard InChI is InChI=1S/C41H25F2N3O.Pt/c42-34-27-35(43)39(26-31(34)36-19-8-10-23-44-36)47-30-16-12-13-28(25-30)41(40-22-9-11-24-45-40)32-17-4-6-20-37(32)46(29-14-2-1-3-15-29)38-21-7-5-18-33(38)41;/h1-24,27H;/q-2;+2. The van der Waals surface area contributed by atoms with Crippen molar-refractivity contribution < 1.29 is 34.6 Å². The Balaban J connectivity index is 0.00000364. The molecule has 3 heterocycles. The average molecular weight is 809 g/mol. The summed E-state index contributed by atoms with van der Waals surface area (Å²) in [6, 6.07) is 50.3. The van der Waals surface area contributed by atoms with E-state index < -0.39 is 17.0 Å². The van der Waals surface area contributed by atoms with Crippen LogP contribution in [-0.4, -0.2) is 9.97 Å². The van der Waals surface area contributed by atoms with Crippen LogP contribution in [0.1, 0.15) is 22.4 Å². The second-order valence-electron chi connectivity index (χ2n) is 11.1. The molecule has 0 atom stereocenters. The zero-order chi connectivity index (χ0) is 31.8. The van der Waals surface area contributed by atoms with E-state index in [4.69, 9.17) is 9.72 Å². The predicted octanol–water partition coefficient (Wildman–Crippen LogP) is 9.98. The first-order valence-electron chi connectivity index (χ1n) is 15.1. The van der Waals surface area contributed by atoms with Crippen molar-refractivity contribution in [2.45, 2.75) is 5.41 Å². The molecule has 0 bridgehead atoms. The van der Waals surface area contributed by atoms with Gasteiger partial charge in [-0.2, -0.15) is 12.1 Å². The zero-order valence-electron chi connectivity index (χ0n) is 25.3. The van der Waals surface area contributed by atoms with E-state index in [1.54, 1.807) is 36.7 Å². The molecule has 48 heavy (non-hydrogen) atoms. The van der Waals surface area contributed by atoms with Crippen molar-refractivity contribution in [2.24, 2.45) is 0 Å². The number of aromatic nitrogens is 2. The molecule has 5 aromatic carbocycles. The molecule has 2 aromatic heterocycles. The number of fused-ring (bicyclic) bond motifs is 2. The molecule has 1 aliphatic rings. The molecule has 0 saturated carbocycles. The minimum atomic E-state index is -0.927. The summed E-state index contributed by atoms with van der Waals surface area (Å²) in [6.45, 7) is 0. The topological polar surface area (TPSA) is 38.3 Å². The van der Waals surface area contributed by atoms with Gasteiger partial charge in [0.05, 0.1) is 34.1 Å². The fourth-order valence-corrected chi connectivity index (χ4v) is 6.48. The van der Waals surface area contributed by atoms with Gasteiger partial charge in [-0.15, -0.1) is 17.7 Å². The van der Waals surface area contributed by atoms with Gasteiger partial charge in [0.15, 0.2) is 0 Å². The third-order valence-corrected chi connectivity index (χ3v) is 8.41. The smallest absolute Gasteiger partial charge is 0.500 e. The Morgan fingerprint density at radius 2 is 1.25 bits per heavy atom. The molecule has 8 rings (SSSR count). The molecule has 7 aromatic rings. The third-order valence-electron chi connectivity index (χ3n) is 8.41. The summed E-state index contributed by atoms with van der Waals surface area (Å²) in [5.41, 5.74) is 5.92. The van der Waals surface area contributed by atoms with Gasteiger partial charge in [0.1, 0.15) is 0 Å². The number of hydrogen-bond donors (Lipinski definition) is 0. The Hall–Kier alpha value is -5.45. The van der Waals surface area contributed by atoms with Gasteiger partial charge in [0.25, 0.3) is 0 Å². The zero-order valence-corrected chi connectivity index (χ0v) is 27.5. The van der Waals surface area contributed by atoms with E-state index in [1.165, 1.54) is 0 Å². The van der Waals surface area contributed by atoms with Gasteiger partial charge >= 0.3 is 21.1 Å². The van der Waals surface area contributed by atoms with E-state index >= 15 is 4.39 Å². The number of para-hydroxylation sites is 3. The van der Waals surface area contributed by atoms with Crippen molar-refractivity contribution in [3.63, 3.8) is 0 Å². The summed E-state index contributed by atoms with van der Waals surface area (Å²) in [4.78, 5) is 11.4. The Kier molecular flexibility index (Phi) is 8.43. The van der Waals surface area contributed by atoms with Crippen LogP contribution in [0.3, 0.4) is 0 Å². The quantitative estimate of drug-likeness (QED) is 0.157. The summed E-state index contributed by atoms with van der Waals surface area (Å²) in [6.07, 6.45) is 3.33. The second-order valence-corrected chi connectivity index (χ2v) is 11.1. The minimum Gasteiger partial charge on any atom is -0.500 e.